The number of hydrogen-bond acceptors (Lipinski definition) is 4. The fourth-order valence-corrected chi connectivity index (χ4v) is 4.84. The van der Waals surface area contributed by atoms with Gasteiger partial charge in [0.25, 0.3) is 0 Å². The second-order valence-corrected chi connectivity index (χ2v) is 5.40. The first-order chi connectivity index (χ1) is 4.92. The van der Waals surface area contributed by atoms with Crippen molar-refractivity contribution in [2.75, 3.05) is 23.8 Å². The molecule has 0 N–H and O–H groups in total. The molecule has 0 aromatic rings. The zero-order valence-electron chi connectivity index (χ0n) is 5.69. The van der Waals surface area contributed by atoms with Crippen LogP contribution in [0.3, 0.4) is 0 Å². The smallest absolute Gasteiger partial charge is 0.0659 e. The monoisotopic (exact) mass is 193 g/mol. The minimum atomic E-state index is 0.711. The first-order valence-corrected chi connectivity index (χ1v) is 6.24. The molecular formula is C6H11NS3. The third-order valence-electron chi connectivity index (χ3n) is 1.99. The number of rotatable bonds is 1. The maximum absolute atomic E-state index is 4.33. The molecule has 10 heavy (non-hydrogen) atoms. The van der Waals surface area contributed by atoms with E-state index in [-0.39, 0.29) is 0 Å². The van der Waals surface area contributed by atoms with Gasteiger partial charge < -0.3 is 0 Å². The van der Waals surface area contributed by atoms with Gasteiger partial charge in [0.15, 0.2) is 0 Å². The topological polar surface area (TPSA) is 3.24 Å². The molecule has 2 heterocycles. The number of nitrogens with zero attached hydrogens (tertiary/aromatic N) is 1. The Balaban J connectivity index is 2.01. The predicted molar refractivity (Wildman–Crippen MR) is 53.1 cm³/mol. The van der Waals surface area contributed by atoms with Gasteiger partial charge in [0, 0.05) is 23.8 Å². The molecule has 1 nitrogen and oxygen atoms in total. The molecule has 0 aliphatic carbocycles. The van der Waals surface area contributed by atoms with Crippen LogP contribution in [0, 0.1) is 0 Å². The van der Waals surface area contributed by atoms with E-state index in [1.165, 1.54) is 18.1 Å². The average molecular weight is 193 g/mol. The third-order valence-corrected chi connectivity index (χ3v) is 5.36. The Bertz CT molecular complexity index is 130. The molecule has 0 aromatic heterocycles. The molecule has 0 radical (unpaired) electrons. The maximum Gasteiger partial charge on any atom is 0.0659 e. The molecule has 2 rings (SSSR count). The summed E-state index contributed by atoms with van der Waals surface area (Å²) in [6.45, 7) is 1.29. The minimum absolute atomic E-state index is 0.711. The van der Waals surface area contributed by atoms with Gasteiger partial charge in [-0.2, -0.15) is 12.6 Å². The zero-order valence-corrected chi connectivity index (χ0v) is 8.22. The van der Waals surface area contributed by atoms with Crippen molar-refractivity contribution in [2.24, 2.45) is 0 Å². The van der Waals surface area contributed by atoms with Gasteiger partial charge in [-0.3, -0.25) is 4.90 Å². The van der Waals surface area contributed by atoms with E-state index in [0.29, 0.717) is 5.37 Å². The van der Waals surface area contributed by atoms with Crippen molar-refractivity contribution in [1.29, 1.82) is 0 Å². The summed E-state index contributed by atoms with van der Waals surface area (Å²) in [6.07, 6.45) is 0. The van der Waals surface area contributed by atoms with Crippen molar-refractivity contribution in [1.82, 2.24) is 4.90 Å². The van der Waals surface area contributed by atoms with Crippen LogP contribution in [-0.2, 0) is 0 Å². The standard InChI is InChI=1S/C6H11NS3/c8-3-5-7-1-2-9-6(7)4-10-5/h5-6,8H,1-4H2/t5-,6+/m1/s1. The molecule has 0 saturated carbocycles. The van der Waals surface area contributed by atoms with E-state index >= 15 is 0 Å². The van der Waals surface area contributed by atoms with Crippen molar-refractivity contribution in [3.63, 3.8) is 0 Å². The highest BCUT2D eigenvalue weighted by Crippen LogP contribution is 2.39. The van der Waals surface area contributed by atoms with Gasteiger partial charge in [-0.15, -0.1) is 23.5 Å². The van der Waals surface area contributed by atoms with Crippen LogP contribution in [0.2, 0.25) is 0 Å². The van der Waals surface area contributed by atoms with Gasteiger partial charge in [0.1, 0.15) is 0 Å². The summed E-state index contributed by atoms with van der Waals surface area (Å²) >= 11 is 8.49. The zero-order chi connectivity index (χ0) is 6.97. The molecular weight excluding hydrogens is 182 g/mol. The fourth-order valence-electron chi connectivity index (χ4n) is 1.45. The van der Waals surface area contributed by atoms with Crippen LogP contribution in [0.25, 0.3) is 0 Å². The Morgan fingerprint density at radius 2 is 2.40 bits per heavy atom. The lowest BCUT2D eigenvalue weighted by Gasteiger charge is -2.19. The second kappa shape index (κ2) is 3.17. The van der Waals surface area contributed by atoms with Crippen molar-refractivity contribution in [3.05, 3.63) is 0 Å². The normalized spacial score (nSPS) is 40.5. The molecule has 0 aromatic carbocycles. The van der Waals surface area contributed by atoms with Gasteiger partial charge in [-0.1, -0.05) is 0 Å². The Labute approximate surface area is 75.7 Å². The molecule has 0 spiro atoms. The fraction of sp³-hybridized carbons (Fsp3) is 1.00. The highest BCUT2D eigenvalue weighted by Gasteiger charge is 2.36. The lowest BCUT2D eigenvalue weighted by Crippen LogP contribution is -2.31. The Morgan fingerprint density at radius 1 is 1.50 bits per heavy atom. The summed E-state index contributed by atoms with van der Waals surface area (Å²) in [5, 5.41) is 1.53. The van der Waals surface area contributed by atoms with Gasteiger partial charge in [-0.25, -0.2) is 0 Å². The van der Waals surface area contributed by atoms with Crippen LogP contribution in [0.15, 0.2) is 0 Å². The Morgan fingerprint density at radius 3 is 3.20 bits per heavy atom. The molecule has 2 aliphatic rings. The number of thiol groups is 1. The molecule has 0 bridgehead atoms. The summed E-state index contributed by atoms with van der Waals surface area (Å²) in [5.74, 6) is 3.66. The maximum atomic E-state index is 4.33. The quantitative estimate of drug-likeness (QED) is 0.627. The van der Waals surface area contributed by atoms with Gasteiger partial charge in [-0.05, 0) is 0 Å². The highest BCUT2D eigenvalue weighted by atomic mass is 32.2. The molecule has 0 amide bonds. The molecule has 4 heteroatoms. The SMILES string of the molecule is SC[C@H]1SC[C@@H]2SCCN21. The van der Waals surface area contributed by atoms with E-state index in [4.69, 9.17) is 0 Å². The average Bonchev–Trinajstić information content (AvgIpc) is 2.44. The van der Waals surface area contributed by atoms with Crippen LogP contribution in [-0.4, -0.2) is 39.5 Å². The van der Waals surface area contributed by atoms with E-state index in [0.717, 1.165) is 11.1 Å². The van der Waals surface area contributed by atoms with E-state index in [1.807, 2.05) is 0 Å². The highest BCUT2D eigenvalue weighted by molar-refractivity contribution is 8.04. The molecule has 2 saturated heterocycles. The summed E-state index contributed by atoms with van der Waals surface area (Å²) < 4.78 is 0. The van der Waals surface area contributed by atoms with Gasteiger partial charge in [0.05, 0.1) is 10.7 Å². The Hall–Kier alpha value is 1.01. The molecule has 2 aliphatic heterocycles. The van der Waals surface area contributed by atoms with E-state index in [1.54, 1.807) is 0 Å². The summed E-state index contributed by atoms with van der Waals surface area (Å²) in [7, 11) is 0. The van der Waals surface area contributed by atoms with Crippen molar-refractivity contribution >= 4 is 36.2 Å². The van der Waals surface area contributed by atoms with Crippen molar-refractivity contribution in [2.45, 2.75) is 10.7 Å². The second-order valence-electron chi connectivity index (χ2n) is 2.53. The minimum Gasteiger partial charge on any atom is -0.277 e. The first kappa shape index (κ1) is 7.65. The van der Waals surface area contributed by atoms with E-state index in [2.05, 4.69) is 41.1 Å². The number of thioether (sulfide) groups is 2. The van der Waals surface area contributed by atoms with Crippen molar-refractivity contribution in [3.8, 4) is 0 Å². The molecule has 58 valence electrons. The van der Waals surface area contributed by atoms with Gasteiger partial charge in [0.2, 0.25) is 0 Å². The summed E-state index contributed by atoms with van der Waals surface area (Å²) in [4.78, 5) is 2.59. The summed E-state index contributed by atoms with van der Waals surface area (Å²) in [6, 6.07) is 0. The largest absolute Gasteiger partial charge is 0.277 e. The molecule has 0 unspecified atom stereocenters. The number of hydrogen-bond donors (Lipinski definition) is 1. The first-order valence-electron chi connectivity index (χ1n) is 3.51. The van der Waals surface area contributed by atoms with Crippen LogP contribution in [0.1, 0.15) is 0 Å². The number of fused-ring (bicyclic) bond motifs is 1. The van der Waals surface area contributed by atoms with Crippen LogP contribution < -0.4 is 0 Å². The Kier molecular flexibility index (Phi) is 2.42. The summed E-state index contributed by atoms with van der Waals surface area (Å²) in [5.41, 5.74) is 0. The lowest BCUT2D eigenvalue weighted by molar-refractivity contribution is 0.316. The van der Waals surface area contributed by atoms with Crippen molar-refractivity contribution < 1.29 is 0 Å². The van der Waals surface area contributed by atoms with Gasteiger partial charge >= 0.3 is 0 Å². The van der Waals surface area contributed by atoms with Crippen LogP contribution in [0.5, 0.6) is 0 Å². The molecule has 2 atom stereocenters. The third kappa shape index (κ3) is 1.19. The van der Waals surface area contributed by atoms with Crippen LogP contribution >= 0.6 is 36.2 Å². The van der Waals surface area contributed by atoms with E-state index < -0.39 is 0 Å². The predicted octanol–water partition coefficient (Wildman–Crippen LogP) is 1.36. The lowest BCUT2D eigenvalue weighted by atomic mass is 10.5. The molecule has 2 fully saturated rings. The van der Waals surface area contributed by atoms with E-state index in [9.17, 15) is 0 Å². The van der Waals surface area contributed by atoms with Crippen LogP contribution in [0.4, 0.5) is 0 Å².